The lowest BCUT2D eigenvalue weighted by Gasteiger charge is -2.33. The Labute approximate surface area is 141 Å². The highest BCUT2D eigenvalue weighted by Gasteiger charge is 2.41. The Bertz CT molecular complexity index is 611. The van der Waals surface area contributed by atoms with Gasteiger partial charge in [0, 0.05) is 38.2 Å². The van der Waals surface area contributed by atoms with Gasteiger partial charge in [-0.2, -0.15) is 0 Å². The molecule has 1 atom stereocenters. The third kappa shape index (κ3) is 3.08. The minimum atomic E-state index is -0.837. The van der Waals surface area contributed by atoms with Crippen LogP contribution in [0.15, 0.2) is 4.52 Å². The molecule has 0 bridgehead atoms. The summed E-state index contributed by atoms with van der Waals surface area (Å²) < 4.78 is 10.7. The molecule has 24 heavy (non-hydrogen) atoms. The van der Waals surface area contributed by atoms with Gasteiger partial charge < -0.3 is 19.3 Å². The number of amides is 1. The van der Waals surface area contributed by atoms with Crippen LogP contribution in [-0.4, -0.2) is 77.5 Å². The normalized spacial score (nSPS) is 28.1. The number of likely N-dealkylation sites (tertiary alicyclic amines) is 1. The van der Waals surface area contributed by atoms with E-state index in [1.807, 2.05) is 0 Å². The molecule has 2 saturated heterocycles. The average Bonchev–Trinajstić information content (AvgIpc) is 3.19. The van der Waals surface area contributed by atoms with Crippen LogP contribution in [0.4, 0.5) is 0 Å². The van der Waals surface area contributed by atoms with Gasteiger partial charge in [0.1, 0.15) is 5.76 Å². The van der Waals surface area contributed by atoms with Crippen molar-refractivity contribution in [1.82, 2.24) is 15.0 Å². The number of carbonyl (C=O) groups is 1. The number of β-amino-alcohol motifs (C(OH)–C–C–N with tert-alkyl or cyclic N) is 1. The van der Waals surface area contributed by atoms with Crippen molar-refractivity contribution in [3.63, 3.8) is 0 Å². The Hall–Kier alpha value is -1.44. The fourth-order valence-electron chi connectivity index (χ4n) is 4.04. The zero-order valence-corrected chi connectivity index (χ0v) is 14.0. The molecule has 0 saturated carbocycles. The van der Waals surface area contributed by atoms with Crippen LogP contribution >= 0.6 is 0 Å². The Morgan fingerprint density at radius 2 is 2.00 bits per heavy atom. The van der Waals surface area contributed by atoms with Gasteiger partial charge in [0.05, 0.1) is 25.4 Å². The molecule has 1 aromatic heterocycles. The van der Waals surface area contributed by atoms with E-state index in [4.69, 9.17) is 9.26 Å². The van der Waals surface area contributed by atoms with Crippen LogP contribution in [0.1, 0.15) is 41.1 Å². The van der Waals surface area contributed by atoms with Crippen molar-refractivity contribution in [2.45, 2.75) is 37.7 Å². The molecule has 1 aromatic rings. The van der Waals surface area contributed by atoms with Gasteiger partial charge >= 0.3 is 0 Å². The first-order valence-corrected chi connectivity index (χ1v) is 8.94. The molecule has 7 heteroatoms. The third-order valence-corrected chi connectivity index (χ3v) is 5.39. The quantitative estimate of drug-likeness (QED) is 0.865. The summed E-state index contributed by atoms with van der Waals surface area (Å²) in [7, 11) is 0. The van der Waals surface area contributed by atoms with Crippen molar-refractivity contribution in [3.05, 3.63) is 17.0 Å². The second-order valence-corrected chi connectivity index (χ2v) is 7.23. The molecule has 132 valence electrons. The van der Waals surface area contributed by atoms with Crippen LogP contribution < -0.4 is 0 Å². The van der Waals surface area contributed by atoms with Crippen molar-refractivity contribution in [2.24, 2.45) is 0 Å². The zero-order chi connectivity index (χ0) is 16.6. The first kappa shape index (κ1) is 16.1. The fraction of sp³-hybridized carbons (Fsp3) is 0.765. The average molecular weight is 335 g/mol. The smallest absolute Gasteiger partial charge is 0.276 e. The van der Waals surface area contributed by atoms with Gasteiger partial charge in [0.2, 0.25) is 0 Å². The summed E-state index contributed by atoms with van der Waals surface area (Å²) in [5.41, 5.74) is 0.603. The molecule has 3 heterocycles. The topological polar surface area (TPSA) is 79.0 Å². The van der Waals surface area contributed by atoms with E-state index < -0.39 is 5.60 Å². The Balaban J connectivity index is 1.42. The Morgan fingerprint density at radius 3 is 2.83 bits per heavy atom. The van der Waals surface area contributed by atoms with Crippen molar-refractivity contribution >= 4 is 5.91 Å². The van der Waals surface area contributed by atoms with Crippen LogP contribution in [0.5, 0.6) is 0 Å². The SMILES string of the molecule is O=C(c1noc2c1CCCC2)N1CCC(O)(CN2CCOCC2)C1. The zero-order valence-electron chi connectivity index (χ0n) is 14.0. The van der Waals surface area contributed by atoms with E-state index in [-0.39, 0.29) is 5.91 Å². The number of hydrogen-bond donors (Lipinski definition) is 1. The number of ether oxygens (including phenoxy) is 1. The first-order chi connectivity index (χ1) is 11.6. The predicted molar refractivity (Wildman–Crippen MR) is 85.9 cm³/mol. The van der Waals surface area contributed by atoms with Gasteiger partial charge in [-0.1, -0.05) is 5.16 Å². The molecule has 2 fully saturated rings. The molecule has 1 N–H and O–H groups in total. The molecule has 0 radical (unpaired) electrons. The van der Waals surface area contributed by atoms with Gasteiger partial charge in [0.15, 0.2) is 5.69 Å². The van der Waals surface area contributed by atoms with E-state index in [2.05, 4.69) is 10.1 Å². The maximum atomic E-state index is 12.8. The molecule has 2 aliphatic heterocycles. The number of aromatic nitrogens is 1. The lowest BCUT2D eigenvalue weighted by atomic mass is 9.96. The van der Waals surface area contributed by atoms with E-state index in [0.717, 1.165) is 50.1 Å². The molecule has 4 rings (SSSR count). The maximum Gasteiger partial charge on any atom is 0.276 e. The van der Waals surface area contributed by atoms with Gasteiger partial charge in [-0.25, -0.2) is 0 Å². The van der Waals surface area contributed by atoms with Crippen molar-refractivity contribution in [1.29, 1.82) is 0 Å². The number of nitrogens with zero attached hydrogens (tertiary/aromatic N) is 3. The van der Waals surface area contributed by atoms with Crippen molar-refractivity contribution in [3.8, 4) is 0 Å². The molecular weight excluding hydrogens is 310 g/mol. The number of carbonyl (C=O) groups excluding carboxylic acids is 1. The number of morpholine rings is 1. The van der Waals surface area contributed by atoms with Gasteiger partial charge in [-0.15, -0.1) is 0 Å². The molecule has 0 aromatic carbocycles. The van der Waals surface area contributed by atoms with E-state index in [0.29, 0.717) is 45.0 Å². The van der Waals surface area contributed by atoms with Crippen molar-refractivity contribution in [2.75, 3.05) is 45.9 Å². The highest BCUT2D eigenvalue weighted by Crippen LogP contribution is 2.28. The lowest BCUT2D eigenvalue weighted by Crippen LogP contribution is -2.49. The van der Waals surface area contributed by atoms with Gasteiger partial charge in [0.25, 0.3) is 5.91 Å². The van der Waals surface area contributed by atoms with Crippen molar-refractivity contribution < 1.29 is 19.2 Å². The van der Waals surface area contributed by atoms with E-state index in [9.17, 15) is 9.90 Å². The molecule has 3 aliphatic rings. The van der Waals surface area contributed by atoms with Crippen LogP contribution in [0.2, 0.25) is 0 Å². The number of hydrogen-bond acceptors (Lipinski definition) is 6. The summed E-state index contributed by atoms with van der Waals surface area (Å²) in [4.78, 5) is 16.8. The molecule has 1 amide bonds. The van der Waals surface area contributed by atoms with Crippen LogP contribution in [0.25, 0.3) is 0 Å². The second-order valence-electron chi connectivity index (χ2n) is 7.23. The number of fused-ring (bicyclic) bond motifs is 1. The minimum absolute atomic E-state index is 0.0974. The monoisotopic (exact) mass is 335 g/mol. The van der Waals surface area contributed by atoms with Crippen LogP contribution in [-0.2, 0) is 17.6 Å². The number of aliphatic hydroxyl groups is 1. The second kappa shape index (κ2) is 6.46. The summed E-state index contributed by atoms with van der Waals surface area (Å²) in [5.74, 6) is 0.771. The molecule has 1 unspecified atom stereocenters. The summed E-state index contributed by atoms with van der Waals surface area (Å²) in [6.45, 7) is 4.64. The van der Waals surface area contributed by atoms with Gasteiger partial charge in [-0.3, -0.25) is 9.69 Å². The van der Waals surface area contributed by atoms with E-state index in [1.54, 1.807) is 4.90 Å². The number of aryl methyl sites for hydroxylation is 1. The molecular formula is C17H25N3O4. The summed E-state index contributed by atoms with van der Waals surface area (Å²) in [6, 6.07) is 0. The van der Waals surface area contributed by atoms with Crippen LogP contribution in [0.3, 0.4) is 0 Å². The molecule has 0 spiro atoms. The highest BCUT2D eigenvalue weighted by molar-refractivity contribution is 5.94. The highest BCUT2D eigenvalue weighted by atomic mass is 16.5. The maximum absolute atomic E-state index is 12.8. The number of rotatable bonds is 3. The lowest BCUT2D eigenvalue weighted by molar-refractivity contribution is -0.0257. The Kier molecular flexibility index (Phi) is 4.32. The molecule has 7 nitrogen and oxygen atoms in total. The van der Waals surface area contributed by atoms with E-state index in [1.165, 1.54) is 0 Å². The molecule has 1 aliphatic carbocycles. The summed E-state index contributed by atoms with van der Waals surface area (Å²) in [5, 5.41) is 14.9. The van der Waals surface area contributed by atoms with E-state index >= 15 is 0 Å². The predicted octanol–water partition coefficient (Wildman–Crippen LogP) is 0.463. The summed E-state index contributed by atoms with van der Waals surface area (Å²) in [6.07, 6.45) is 4.52. The fourth-order valence-corrected chi connectivity index (χ4v) is 4.04. The van der Waals surface area contributed by atoms with Gasteiger partial charge in [-0.05, 0) is 25.7 Å². The standard InChI is InChI=1S/C17H25N3O4/c21-16(15-13-3-1-2-4-14(13)24-18-15)20-6-5-17(22,12-20)11-19-7-9-23-10-8-19/h22H,1-12H2. The summed E-state index contributed by atoms with van der Waals surface area (Å²) >= 11 is 0. The van der Waals surface area contributed by atoms with Crippen LogP contribution in [0, 0.1) is 0 Å². The largest absolute Gasteiger partial charge is 0.387 e. The third-order valence-electron chi connectivity index (χ3n) is 5.39. The first-order valence-electron chi connectivity index (χ1n) is 8.94. The minimum Gasteiger partial charge on any atom is -0.387 e. The Morgan fingerprint density at radius 1 is 1.21 bits per heavy atom.